The maximum Gasteiger partial charge on any atom is 0.309 e. The van der Waals surface area contributed by atoms with Crippen LogP contribution >= 0.6 is 0 Å². The Morgan fingerprint density at radius 1 is 1.29 bits per heavy atom. The SMILES string of the molecule is O=S(=O)(F)C1CCCc2ccccc21. The number of benzene rings is 1. The molecule has 76 valence electrons. The molecule has 14 heavy (non-hydrogen) atoms. The topological polar surface area (TPSA) is 34.1 Å². The van der Waals surface area contributed by atoms with E-state index in [4.69, 9.17) is 0 Å². The van der Waals surface area contributed by atoms with Gasteiger partial charge in [-0.2, -0.15) is 8.42 Å². The second kappa shape index (κ2) is 3.35. The van der Waals surface area contributed by atoms with Crippen LogP contribution in [0.1, 0.15) is 29.2 Å². The Bertz CT molecular complexity index is 439. The van der Waals surface area contributed by atoms with Crippen molar-refractivity contribution in [2.45, 2.75) is 24.5 Å². The van der Waals surface area contributed by atoms with Crippen LogP contribution < -0.4 is 0 Å². The largest absolute Gasteiger partial charge is 0.309 e. The van der Waals surface area contributed by atoms with Crippen molar-refractivity contribution in [1.29, 1.82) is 0 Å². The molecule has 0 amide bonds. The molecule has 2 nitrogen and oxygen atoms in total. The first-order valence-corrected chi connectivity index (χ1v) is 6.05. The van der Waals surface area contributed by atoms with Crippen LogP contribution in [0.2, 0.25) is 0 Å². The average molecular weight is 214 g/mol. The Hall–Kier alpha value is -0.900. The molecule has 1 aliphatic carbocycles. The van der Waals surface area contributed by atoms with Gasteiger partial charge in [-0.15, -0.1) is 3.89 Å². The number of rotatable bonds is 1. The molecule has 0 bridgehead atoms. The molecule has 4 heteroatoms. The minimum atomic E-state index is -4.44. The fraction of sp³-hybridized carbons (Fsp3) is 0.400. The number of aryl methyl sites for hydroxylation is 1. The molecule has 0 saturated carbocycles. The first kappa shape index (κ1) is 9.65. The van der Waals surface area contributed by atoms with Gasteiger partial charge in [0.2, 0.25) is 0 Å². The van der Waals surface area contributed by atoms with Crippen molar-refractivity contribution < 1.29 is 12.3 Å². The summed E-state index contributed by atoms with van der Waals surface area (Å²) in [5.74, 6) is 0. The zero-order valence-corrected chi connectivity index (χ0v) is 8.43. The third-order valence-electron chi connectivity index (χ3n) is 2.65. The minimum Gasteiger partial charge on any atom is -0.194 e. The van der Waals surface area contributed by atoms with Gasteiger partial charge in [0, 0.05) is 0 Å². The van der Waals surface area contributed by atoms with E-state index in [1.807, 2.05) is 12.1 Å². The highest BCUT2D eigenvalue weighted by atomic mass is 32.3. The molecule has 0 heterocycles. The van der Waals surface area contributed by atoms with Crippen LogP contribution in [0.15, 0.2) is 24.3 Å². The molecule has 0 spiro atoms. The van der Waals surface area contributed by atoms with Crippen LogP contribution in [0.25, 0.3) is 0 Å². The summed E-state index contributed by atoms with van der Waals surface area (Å²) in [6.07, 6.45) is 1.99. The van der Waals surface area contributed by atoms with E-state index in [0.29, 0.717) is 12.0 Å². The third kappa shape index (κ3) is 1.66. The first-order chi connectivity index (χ1) is 6.59. The van der Waals surface area contributed by atoms with Gasteiger partial charge in [-0.1, -0.05) is 24.3 Å². The van der Waals surface area contributed by atoms with E-state index in [1.165, 1.54) is 0 Å². The van der Waals surface area contributed by atoms with Crippen LogP contribution in [0.3, 0.4) is 0 Å². The Labute approximate surface area is 83.0 Å². The Kier molecular flexibility index (Phi) is 2.31. The Balaban J connectivity index is 2.51. The molecule has 0 radical (unpaired) electrons. The molecule has 0 aliphatic heterocycles. The smallest absolute Gasteiger partial charge is 0.194 e. The van der Waals surface area contributed by atoms with E-state index in [9.17, 15) is 12.3 Å². The van der Waals surface area contributed by atoms with E-state index in [0.717, 1.165) is 18.4 Å². The summed E-state index contributed by atoms with van der Waals surface area (Å²) < 4.78 is 34.7. The summed E-state index contributed by atoms with van der Waals surface area (Å²) in [4.78, 5) is 0. The summed E-state index contributed by atoms with van der Waals surface area (Å²) in [5.41, 5.74) is 1.60. The van der Waals surface area contributed by atoms with Crippen molar-refractivity contribution in [3.05, 3.63) is 35.4 Å². The van der Waals surface area contributed by atoms with Crippen molar-refractivity contribution >= 4 is 10.2 Å². The lowest BCUT2D eigenvalue weighted by molar-refractivity contribution is 0.518. The number of halogens is 1. The zero-order valence-electron chi connectivity index (χ0n) is 7.61. The van der Waals surface area contributed by atoms with E-state index in [2.05, 4.69) is 0 Å². The lowest BCUT2D eigenvalue weighted by Gasteiger charge is -2.21. The summed E-state index contributed by atoms with van der Waals surface area (Å²) in [6, 6.07) is 7.18. The van der Waals surface area contributed by atoms with E-state index >= 15 is 0 Å². The maximum atomic E-state index is 12.9. The molecule has 1 atom stereocenters. The molecule has 0 saturated heterocycles. The van der Waals surface area contributed by atoms with Crippen LogP contribution in [0, 0.1) is 0 Å². The molecule has 0 fully saturated rings. The van der Waals surface area contributed by atoms with E-state index in [1.54, 1.807) is 12.1 Å². The molecular weight excluding hydrogens is 203 g/mol. The van der Waals surface area contributed by atoms with E-state index in [-0.39, 0.29) is 0 Å². The van der Waals surface area contributed by atoms with Gasteiger partial charge < -0.3 is 0 Å². The summed E-state index contributed by atoms with van der Waals surface area (Å²) in [6.45, 7) is 0. The van der Waals surface area contributed by atoms with Gasteiger partial charge in [-0.05, 0) is 30.4 Å². The van der Waals surface area contributed by atoms with Gasteiger partial charge in [-0.3, -0.25) is 0 Å². The lowest BCUT2D eigenvalue weighted by Crippen LogP contribution is -2.15. The van der Waals surface area contributed by atoms with Gasteiger partial charge in [-0.25, -0.2) is 0 Å². The van der Waals surface area contributed by atoms with E-state index < -0.39 is 15.5 Å². The fourth-order valence-corrected chi connectivity index (χ4v) is 2.98. The molecule has 1 unspecified atom stereocenters. The number of fused-ring (bicyclic) bond motifs is 1. The molecule has 0 N–H and O–H groups in total. The summed E-state index contributed by atoms with van der Waals surface area (Å²) in [7, 11) is -4.44. The van der Waals surface area contributed by atoms with Crippen molar-refractivity contribution in [3.63, 3.8) is 0 Å². The van der Waals surface area contributed by atoms with Crippen molar-refractivity contribution in [1.82, 2.24) is 0 Å². The monoisotopic (exact) mass is 214 g/mol. The van der Waals surface area contributed by atoms with Crippen LogP contribution in [-0.2, 0) is 16.6 Å². The van der Waals surface area contributed by atoms with Gasteiger partial charge in [0.05, 0.1) is 0 Å². The van der Waals surface area contributed by atoms with Crippen molar-refractivity contribution in [2.24, 2.45) is 0 Å². The number of hydrogen-bond acceptors (Lipinski definition) is 2. The highest BCUT2D eigenvalue weighted by Gasteiger charge is 2.30. The first-order valence-electron chi connectivity index (χ1n) is 4.60. The van der Waals surface area contributed by atoms with Gasteiger partial charge in [0.15, 0.2) is 0 Å². The predicted molar refractivity (Wildman–Crippen MR) is 52.1 cm³/mol. The normalized spacial score (nSPS) is 21.6. The van der Waals surface area contributed by atoms with Crippen molar-refractivity contribution in [2.75, 3.05) is 0 Å². The molecular formula is C10H11FO2S. The average Bonchev–Trinajstić information content (AvgIpc) is 2.15. The molecule has 1 aromatic rings. The molecule has 0 aromatic heterocycles. The third-order valence-corrected chi connectivity index (χ3v) is 3.82. The quantitative estimate of drug-likeness (QED) is 0.672. The molecule has 2 rings (SSSR count). The Morgan fingerprint density at radius 2 is 2.00 bits per heavy atom. The summed E-state index contributed by atoms with van der Waals surface area (Å²) >= 11 is 0. The zero-order chi connectivity index (χ0) is 10.2. The minimum absolute atomic E-state index is 0.399. The standard InChI is InChI=1S/C10H11FO2S/c11-14(12,13)10-7-3-5-8-4-1-2-6-9(8)10/h1-2,4,6,10H,3,5,7H2. The fourth-order valence-electron chi connectivity index (χ4n) is 2.00. The van der Waals surface area contributed by atoms with Crippen LogP contribution in [0.5, 0.6) is 0 Å². The van der Waals surface area contributed by atoms with Gasteiger partial charge in [0.1, 0.15) is 5.25 Å². The highest BCUT2D eigenvalue weighted by molar-refractivity contribution is 7.86. The van der Waals surface area contributed by atoms with Gasteiger partial charge in [0.25, 0.3) is 0 Å². The number of hydrogen-bond donors (Lipinski definition) is 0. The maximum absolute atomic E-state index is 12.9. The Morgan fingerprint density at radius 3 is 2.71 bits per heavy atom. The second-order valence-electron chi connectivity index (χ2n) is 3.56. The van der Waals surface area contributed by atoms with Gasteiger partial charge >= 0.3 is 10.2 Å². The molecule has 1 aliphatic rings. The molecule has 1 aromatic carbocycles. The summed E-state index contributed by atoms with van der Waals surface area (Å²) in [5, 5.41) is -0.938. The predicted octanol–water partition coefficient (Wildman–Crippen LogP) is 2.36. The second-order valence-corrected chi connectivity index (χ2v) is 5.08. The lowest BCUT2D eigenvalue weighted by atomic mass is 9.91. The van der Waals surface area contributed by atoms with Crippen molar-refractivity contribution in [3.8, 4) is 0 Å². The van der Waals surface area contributed by atoms with Crippen LogP contribution in [0.4, 0.5) is 3.89 Å². The highest BCUT2D eigenvalue weighted by Crippen LogP contribution is 2.35. The van der Waals surface area contributed by atoms with Crippen LogP contribution in [-0.4, -0.2) is 8.42 Å².